The second-order valence-electron chi connectivity index (χ2n) is 5.94. The molecule has 0 aliphatic heterocycles. The number of carbonyl (C=O) groups is 1. The number of benzene rings is 2. The van der Waals surface area contributed by atoms with E-state index in [2.05, 4.69) is 15.5 Å². The third-order valence-corrected chi connectivity index (χ3v) is 4.86. The van der Waals surface area contributed by atoms with Crippen molar-refractivity contribution in [3.8, 4) is 23.0 Å². The molecule has 0 aliphatic rings. The molecule has 0 spiro atoms. The summed E-state index contributed by atoms with van der Waals surface area (Å²) in [5.74, 6) is 1.77. The molecule has 0 saturated carbocycles. The number of hydrogen-bond acceptors (Lipinski definition) is 7. The number of nitrogens with one attached hydrogen (secondary N) is 1. The van der Waals surface area contributed by atoms with E-state index >= 15 is 0 Å². The van der Waals surface area contributed by atoms with Crippen molar-refractivity contribution in [2.24, 2.45) is 0 Å². The molecule has 0 radical (unpaired) electrons. The van der Waals surface area contributed by atoms with Crippen molar-refractivity contribution in [1.82, 2.24) is 15.5 Å². The van der Waals surface area contributed by atoms with E-state index in [0.29, 0.717) is 29.2 Å². The van der Waals surface area contributed by atoms with Crippen LogP contribution in [0.15, 0.2) is 52.1 Å². The zero-order valence-electron chi connectivity index (χ0n) is 15.9. The Balaban J connectivity index is 1.52. The van der Waals surface area contributed by atoms with E-state index in [1.165, 1.54) is 11.8 Å². The lowest BCUT2D eigenvalue weighted by atomic mass is 10.1. The zero-order chi connectivity index (χ0) is 19.9. The van der Waals surface area contributed by atoms with Gasteiger partial charge < -0.3 is 19.2 Å². The Bertz CT molecular complexity index is 958. The molecule has 8 heteroatoms. The van der Waals surface area contributed by atoms with Gasteiger partial charge in [-0.25, -0.2) is 0 Å². The number of amides is 1. The molecule has 0 aliphatic carbocycles. The molecular formula is C20H21N3O4S. The predicted molar refractivity (Wildman–Crippen MR) is 107 cm³/mol. The van der Waals surface area contributed by atoms with Gasteiger partial charge in [0, 0.05) is 12.1 Å². The second-order valence-corrected chi connectivity index (χ2v) is 6.87. The fourth-order valence-corrected chi connectivity index (χ4v) is 3.15. The molecule has 1 aromatic heterocycles. The predicted octanol–water partition coefficient (Wildman–Crippen LogP) is 3.47. The molecular weight excluding hydrogens is 378 g/mol. The fraction of sp³-hybridized carbons (Fsp3) is 0.250. The van der Waals surface area contributed by atoms with Gasteiger partial charge in [-0.15, -0.1) is 10.2 Å². The van der Waals surface area contributed by atoms with E-state index in [9.17, 15) is 4.79 Å². The maximum Gasteiger partial charge on any atom is 0.277 e. The van der Waals surface area contributed by atoms with E-state index in [0.717, 1.165) is 16.7 Å². The van der Waals surface area contributed by atoms with Gasteiger partial charge in [-0.3, -0.25) is 4.79 Å². The summed E-state index contributed by atoms with van der Waals surface area (Å²) in [7, 11) is 3.16. The maximum absolute atomic E-state index is 12.1. The van der Waals surface area contributed by atoms with Crippen LogP contribution in [0.25, 0.3) is 11.5 Å². The first-order valence-electron chi connectivity index (χ1n) is 8.60. The summed E-state index contributed by atoms with van der Waals surface area (Å²) >= 11 is 1.20. The van der Waals surface area contributed by atoms with Crippen LogP contribution in [0, 0.1) is 6.92 Å². The highest BCUT2D eigenvalue weighted by Crippen LogP contribution is 2.28. The molecule has 1 amide bonds. The third kappa shape index (κ3) is 4.83. The lowest BCUT2D eigenvalue weighted by Crippen LogP contribution is -2.24. The number of aryl methyl sites for hydroxylation is 1. The Morgan fingerprint density at radius 1 is 1.11 bits per heavy atom. The first-order chi connectivity index (χ1) is 13.6. The number of carbonyl (C=O) groups excluding carboxylic acids is 1. The van der Waals surface area contributed by atoms with Crippen molar-refractivity contribution >= 4 is 17.7 Å². The Kier molecular flexibility index (Phi) is 6.54. The Labute approximate surface area is 167 Å². The summed E-state index contributed by atoms with van der Waals surface area (Å²) in [4.78, 5) is 12.1. The monoisotopic (exact) mass is 399 g/mol. The average Bonchev–Trinajstić information content (AvgIpc) is 3.19. The third-order valence-electron chi connectivity index (χ3n) is 4.05. The van der Waals surface area contributed by atoms with Gasteiger partial charge in [0.25, 0.3) is 5.22 Å². The minimum Gasteiger partial charge on any atom is -0.493 e. The summed E-state index contributed by atoms with van der Waals surface area (Å²) in [6, 6.07) is 13.3. The fourth-order valence-electron chi connectivity index (χ4n) is 2.56. The van der Waals surface area contributed by atoms with Crippen LogP contribution in [0.5, 0.6) is 11.5 Å². The van der Waals surface area contributed by atoms with Crippen molar-refractivity contribution in [2.75, 3.05) is 20.0 Å². The normalized spacial score (nSPS) is 10.5. The van der Waals surface area contributed by atoms with Gasteiger partial charge in [0.2, 0.25) is 11.8 Å². The molecule has 3 rings (SSSR count). The Morgan fingerprint density at radius 3 is 2.64 bits per heavy atom. The summed E-state index contributed by atoms with van der Waals surface area (Å²) in [6.45, 7) is 2.37. The molecule has 0 unspecified atom stereocenters. The smallest absolute Gasteiger partial charge is 0.277 e. The SMILES string of the molecule is COc1ccc(CNC(=O)CSc2nnc(-c3ccccc3C)o2)cc1OC. The zero-order valence-corrected chi connectivity index (χ0v) is 16.7. The Morgan fingerprint density at radius 2 is 1.89 bits per heavy atom. The lowest BCUT2D eigenvalue weighted by molar-refractivity contribution is -0.118. The molecule has 2 aromatic carbocycles. The van der Waals surface area contributed by atoms with E-state index in [4.69, 9.17) is 13.9 Å². The van der Waals surface area contributed by atoms with Gasteiger partial charge in [-0.05, 0) is 36.2 Å². The van der Waals surface area contributed by atoms with Crippen LogP contribution in [0.3, 0.4) is 0 Å². The quantitative estimate of drug-likeness (QED) is 0.580. The molecule has 1 heterocycles. The molecule has 0 atom stereocenters. The maximum atomic E-state index is 12.1. The Hall–Kier alpha value is -3.00. The highest BCUT2D eigenvalue weighted by molar-refractivity contribution is 7.99. The first-order valence-corrected chi connectivity index (χ1v) is 9.59. The van der Waals surface area contributed by atoms with Gasteiger partial charge in [0.1, 0.15) is 0 Å². The van der Waals surface area contributed by atoms with Crippen LogP contribution in [0.2, 0.25) is 0 Å². The molecule has 146 valence electrons. The van der Waals surface area contributed by atoms with Crippen molar-refractivity contribution in [3.05, 3.63) is 53.6 Å². The number of ether oxygens (including phenoxy) is 2. The largest absolute Gasteiger partial charge is 0.493 e. The molecule has 0 bridgehead atoms. The topological polar surface area (TPSA) is 86.5 Å². The molecule has 28 heavy (non-hydrogen) atoms. The number of nitrogens with zero attached hydrogens (tertiary/aromatic N) is 2. The van der Waals surface area contributed by atoms with E-state index in [1.54, 1.807) is 20.3 Å². The second kappa shape index (κ2) is 9.27. The minimum absolute atomic E-state index is 0.129. The summed E-state index contributed by atoms with van der Waals surface area (Å²) in [5, 5.41) is 11.3. The summed E-state index contributed by atoms with van der Waals surface area (Å²) in [5.41, 5.74) is 2.85. The minimum atomic E-state index is -0.129. The standard InChI is InChI=1S/C20H21N3O4S/c1-13-6-4-5-7-15(13)19-22-23-20(27-19)28-12-18(24)21-11-14-8-9-16(25-2)17(10-14)26-3/h4-10H,11-12H2,1-3H3,(H,21,24). The van der Waals surface area contributed by atoms with E-state index < -0.39 is 0 Å². The summed E-state index contributed by atoms with van der Waals surface area (Å²) < 4.78 is 16.1. The van der Waals surface area contributed by atoms with Crippen molar-refractivity contribution in [1.29, 1.82) is 0 Å². The lowest BCUT2D eigenvalue weighted by Gasteiger charge is -2.10. The van der Waals surface area contributed by atoms with Crippen molar-refractivity contribution in [3.63, 3.8) is 0 Å². The highest BCUT2D eigenvalue weighted by atomic mass is 32.2. The van der Waals surface area contributed by atoms with Crippen LogP contribution in [0.1, 0.15) is 11.1 Å². The van der Waals surface area contributed by atoms with E-state index in [1.807, 2.05) is 43.3 Å². The number of thioether (sulfide) groups is 1. The van der Waals surface area contributed by atoms with Crippen LogP contribution in [-0.4, -0.2) is 36.1 Å². The first kappa shape index (κ1) is 19.8. The van der Waals surface area contributed by atoms with Gasteiger partial charge in [0.05, 0.1) is 20.0 Å². The molecule has 1 N–H and O–H groups in total. The van der Waals surface area contributed by atoms with Gasteiger partial charge in [-0.1, -0.05) is 36.0 Å². The van der Waals surface area contributed by atoms with Gasteiger partial charge in [0.15, 0.2) is 11.5 Å². The average molecular weight is 399 g/mol. The van der Waals surface area contributed by atoms with Crippen LogP contribution >= 0.6 is 11.8 Å². The highest BCUT2D eigenvalue weighted by Gasteiger charge is 2.13. The molecule has 7 nitrogen and oxygen atoms in total. The summed E-state index contributed by atoms with van der Waals surface area (Å²) in [6.07, 6.45) is 0. The number of aromatic nitrogens is 2. The molecule has 0 saturated heterocycles. The van der Waals surface area contributed by atoms with Crippen LogP contribution in [-0.2, 0) is 11.3 Å². The van der Waals surface area contributed by atoms with Crippen molar-refractivity contribution in [2.45, 2.75) is 18.7 Å². The number of methoxy groups -OCH3 is 2. The number of rotatable bonds is 8. The van der Waals surface area contributed by atoms with E-state index in [-0.39, 0.29) is 11.7 Å². The van der Waals surface area contributed by atoms with Crippen molar-refractivity contribution < 1.29 is 18.7 Å². The number of hydrogen-bond donors (Lipinski definition) is 1. The van der Waals surface area contributed by atoms with Gasteiger partial charge in [-0.2, -0.15) is 0 Å². The van der Waals surface area contributed by atoms with Crippen LogP contribution < -0.4 is 14.8 Å². The van der Waals surface area contributed by atoms with Gasteiger partial charge >= 0.3 is 0 Å². The van der Waals surface area contributed by atoms with Crippen LogP contribution in [0.4, 0.5) is 0 Å². The molecule has 3 aromatic rings. The molecule has 0 fully saturated rings.